The molecular weight excluding hydrogens is 383 g/mol. The van der Waals surface area contributed by atoms with Gasteiger partial charge in [-0.05, 0) is 59.4 Å². The second kappa shape index (κ2) is 11.4. The van der Waals surface area contributed by atoms with E-state index in [-0.39, 0.29) is 56.3 Å². The van der Waals surface area contributed by atoms with Crippen LogP contribution >= 0.6 is 0 Å². The Bertz CT molecular complexity index is 842. The Morgan fingerprint density at radius 3 is 2.04 bits per heavy atom. The third kappa shape index (κ3) is 7.54. The van der Waals surface area contributed by atoms with Gasteiger partial charge in [-0.1, -0.05) is 70.9 Å². The van der Waals surface area contributed by atoms with Gasteiger partial charge in [-0.2, -0.15) is 0 Å². The minimum atomic E-state index is -4.52. The summed E-state index contributed by atoms with van der Waals surface area (Å²) in [6, 6.07) is 9.43. The molecule has 0 aliphatic heterocycles. The van der Waals surface area contributed by atoms with Crippen LogP contribution in [0.25, 0.3) is 10.8 Å². The van der Waals surface area contributed by atoms with Crippen LogP contribution in [0.3, 0.4) is 0 Å². The third-order valence-corrected chi connectivity index (χ3v) is 5.85. The minimum absolute atomic E-state index is 0. The molecule has 0 heterocycles. The van der Waals surface area contributed by atoms with E-state index >= 15 is 0 Å². The van der Waals surface area contributed by atoms with Crippen LogP contribution in [0, 0.1) is 11.8 Å². The molecule has 0 aromatic heterocycles. The first kappa shape index (κ1) is 25.3. The van der Waals surface area contributed by atoms with E-state index in [2.05, 4.69) is 33.8 Å². The van der Waals surface area contributed by atoms with Gasteiger partial charge in [0.15, 0.2) is 0 Å². The maximum absolute atomic E-state index is 12.1. The molecule has 5 heteroatoms. The smallest absolute Gasteiger partial charge is 0.744 e. The van der Waals surface area contributed by atoms with Crippen molar-refractivity contribution in [3.63, 3.8) is 0 Å². The Kier molecular flexibility index (Phi) is 10.7. The topological polar surface area (TPSA) is 57.2 Å². The molecule has 0 atom stereocenters. The SMILES string of the molecule is CC(C)CCCc1cc2ccccc2c(S(=O)(=O)[O-])c1CCCC(C)C.[K+]. The molecule has 0 unspecified atom stereocenters. The fourth-order valence-corrected chi connectivity index (χ4v) is 4.57. The number of fused-ring (bicyclic) bond motifs is 1. The second-order valence-corrected chi connectivity index (χ2v) is 9.41. The number of hydrogen-bond acceptors (Lipinski definition) is 3. The number of hydrogen-bond donors (Lipinski definition) is 0. The number of benzene rings is 2. The molecule has 2 aromatic carbocycles. The first-order valence-corrected chi connectivity index (χ1v) is 11.1. The van der Waals surface area contributed by atoms with Gasteiger partial charge in [0, 0.05) is 0 Å². The zero-order valence-corrected chi connectivity index (χ0v) is 21.4. The van der Waals surface area contributed by atoms with Crippen molar-refractivity contribution in [1.82, 2.24) is 0 Å². The van der Waals surface area contributed by atoms with Gasteiger partial charge in [-0.3, -0.25) is 0 Å². The first-order valence-electron chi connectivity index (χ1n) is 9.69. The maximum atomic E-state index is 12.1. The van der Waals surface area contributed by atoms with Crippen LogP contribution in [0.5, 0.6) is 0 Å². The van der Waals surface area contributed by atoms with E-state index in [0.29, 0.717) is 23.6 Å². The summed E-state index contributed by atoms with van der Waals surface area (Å²) >= 11 is 0. The van der Waals surface area contributed by atoms with E-state index in [9.17, 15) is 13.0 Å². The summed E-state index contributed by atoms with van der Waals surface area (Å²) in [7, 11) is -4.52. The summed E-state index contributed by atoms with van der Waals surface area (Å²) in [5.41, 5.74) is 1.78. The Balaban J connectivity index is 0.00000364. The van der Waals surface area contributed by atoms with Crippen molar-refractivity contribution in [3.8, 4) is 0 Å². The van der Waals surface area contributed by atoms with E-state index in [0.717, 1.165) is 48.6 Å². The molecule has 0 bridgehead atoms. The van der Waals surface area contributed by atoms with Gasteiger partial charge in [0.25, 0.3) is 0 Å². The normalized spacial score (nSPS) is 12.0. The van der Waals surface area contributed by atoms with Gasteiger partial charge < -0.3 is 4.55 Å². The summed E-state index contributed by atoms with van der Waals surface area (Å²) in [5.74, 6) is 1.18. The average Bonchev–Trinajstić information content (AvgIpc) is 2.53. The fourth-order valence-electron chi connectivity index (χ4n) is 3.58. The zero-order chi connectivity index (χ0) is 19.3. The van der Waals surface area contributed by atoms with Crippen molar-refractivity contribution < 1.29 is 64.4 Å². The Hall–Kier alpha value is 0.246. The summed E-state index contributed by atoms with van der Waals surface area (Å²) in [4.78, 5) is 0.0129. The molecule has 0 radical (unpaired) electrons. The predicted octanol–water partition coefficient (Wildman–Crippen LogP) is 2.71. The molecule has 2 aromatic rings. The van der Waals surface area contributed by atoms with Crippen molar-refractivity contribution in [2.45, 2.75) is 71.1 Å². The van der Waals surface area contributed by atoms with Crippen molar-refractivity contribution >= 4 is 20.9 Å². The van der Waals surface area contributed by atoms with Gasteiger partial charge in [0.05, 0.1) is 4.90 Å². The van der Waals surface area contributed by atoms with E-state index in [4.69, 9.17) is 0 Å². The molecule has 0 N–H and O–H groups in total. The van der Waals surface area contributed by atoms with E-state index in [1.807, 2.05) is 12.1 Å². The number of rotatable bonds is 9. The van der Waals surface area contributed by atoms with Crippen molar-refractivity contribution in [2.24, 2.45) is 11.8 Å². The van der Waals surface area contributed by atoms with Crippen LogP contribution in [0.1, 0.15) is 64.5 Å². The quantitative estimate of drug-likeness (QED) is 0.468. The van der Waals surface area contributed by atoms with Crippen LogP contribution < -0.4 is 51.4 Å². The Morgan fingerprint density at radius 1 is 0.926 bits per heavy atom. The summed E-state index contributed by atoms with van der Waals surface area (Å²) in [5, 5.41) is 1.41. The van der Waals surface area contributed by atoms with Crippen molar-refractivity contribution in [2.75, 3.05) is 0 Å². The molecule has 144 valence electrons. The first-order chi connectivity index (χ1) is 12.2. The van der Waals surface area contributed by atoms with Crippen LogP contribution in [0.15, 0.2) is 35.2 Å². The Morgan fingerprint density at radius 2 is 1.48 bits per heavy atom. The van der Waals surface area contributed by atoms with Gasteiger partial charge in [-0.25, -0.2) is 8.42 Å². The summed E-state index contributed by atoms with van der Waals surface area (Å²) < 4.78 is 36.4. The van der Waals surface area contributed by atoms with Crippen LogP contribution in [-0.2, 0) is 23.0 Å². The van der Waals surface area contributed by atoms with Gasteiger partial charge >= 0.3 is 51.4 Å². The summed E-state index contributed by atoms with van der Waals surface area (Å²) in [6.45, 7) is 8.71. The van der Waals surface area contributed by atoms with E-state index < -0.39 is 10.1 Å². The second-order valence-electron chi connectivity index (χ2n) is 8.09. The molecule has 0 saturated carbocycles. The average molecular weight is 415 g/mol. The van der Waals surface area contributed by atoms with E-state index in [1.165, 1.54) is 0 Å². The predicted molar refractivity (Wildman–Crippen MR) is 107 cm³/mol. The largest absolute Gasteiger partial charge is 1.00 e. The molecule has 0 fully saturated rings. The van der Waals surface area contributed by atoms with Gasteiger partial charge in [-0.15, -0.1) is 0 Å². The molecule has 3 nitrogen and oxygen atoms in total. The third-order valence-electron chi connectivity index (χ3n) is 4.88. The molecule has 2 rings (SSSR count). The molecule has 0 aliphatic carbocycles. The van der Waals surface area contributed by atoms with Crippen molar-refractivity contribution in [1.29, 1.82) is 0 Å². The number of aryl methyl sites for hydroxylation is 1. The monoisotopic (exact) mass is 414 g/mol. The molecule has 0 amide bonds. The molecular formula is C22H31KO3S. The maximum Gasteiger partial charge on any atom is 1.00 e. The van der Waals surface area contributed by atoms with Crippen molar-refractivity contribution in [3.05, 3.63) is 41.5 Å². The van der Waals surface area contributed by atoms with Crippen LogP contribution in [0.4, 0.5) is 0 Å². The fraction of sp³-hybridized carbons (Fsp3) is 0.545. The molecule has 0 saturated heterocycles. The Labute approximate surface area is 207 Å². The summed E-state index contributed by atoms with van der Waals surface area (Å²) in [6.07, 6.45) is 5.49. The van der Waals surface area contributed by atoms with Gasteiger partial charge in [0.1, 0.15) is 10.1 Å². The standard InChI is InChI=1S/C22H32O3S.K/c1-16(2)9-7-12-19-15-18-11-5-6-13-20(18)22(26(23,24)25)21(19)14-8-10-17(3)4;/h5-6,11,13,15-17H,7-10,12,14H2,1-4H3,(H,23,24,25);/q;+1/p-1. The van der Waals surface area contributed by atoms with Crippen LogP contribution in [0.2, 0.25) is 0 Å². The zero-order valence-electron chi connectivity index (χ0n) is 17.4. The molecule has 0 spiro atoms. The van der Waals surface area contributed by atoms with Crippen LogP contribution in [-0.4, -0.2) is 13.0 Å². The van der Waals surface area contributed by atoms with E-state index in [1.54, 1.807) is 12.1 Å². The minimum Gasteiger partial charge on any atom is -0.744 e. The molecule has 0 aliphatic rings. The molecule has 27 heavy (non-hydrogen) atoms. The van der Waals surface area contributed by atoms with Gasteiger partial charge in [0.2, 0.25) is 0 Å².